The fourth-order valence-corrected chi connectivity index (χ4v) is 3.14. The van der Waals surface area contributed by atoms with E-state index in [4.69, 9.17) is 4.74 Å². The summed E-state index contributed by atoms with van der Waals surface area (Å²) >= 11 is 0. The first-order chi connectivity index (χ1) is 13.2. The van der Waals surface area contributed by atoms with Crippen LogP contribution in [0.5, 0.6) is 5.75 Å². The van der Waals surface area contributed by atoms with Crippen LogP contribution in [-0.4, -0.2) is 41.1 Å². The highest BCUT2D eigenvalue weighted by Crippen LogP contribution is 2.23. The number of ether oxygens (including phenoxy) is 2. The number of carbonyl (C=O) groups is 2. The zero-order chi connectivity index (χ0) is 20.9. The number of hydrogen-bond donors (Lipinski definition) is 2. The molecule has 0 bridgehead atoms. The van der Waals surface area contributed by atoms with Gasteiger partial charge in [0.25, 0.3) is 5.91 Å². The van der Waals surface area contributed by atoms with E-state index in [1.54, 1.807) is 38.1 Å². The summed E-state index contributed by atoms with van der Waals surface area (Å²) in [7, 11) is -1.08. The second-order valence-electron chi connectivity index (χ2n) is 5.98. The summed E-state index contributed by atoms with van der Waals surface area (Å²) in [6.45, 7) is 3.28. The van der Waals surface area contributed by atoms with Crippen molar-refractivity contribution >= 4 is 27.6 Å². The van der Waals surface area contributed by atoms with Crippen LogP contribution in [-0.2, 0) is 19.6 Å². The van der Waals surface area contributed by atoms with E-state index < -0.39 is 21.9 Å². The third-order valence-electron chi connectivity index (χ3n) is 4.06. The van der Waals surface area contributed by atoms with Crippen molar-refractivity contribution in [1.82, 2.24) is 4.72 Å². The van der Waals surface area contributed by atoms with Crippen molar-refractivity contribution < 1.29 is 27.5 Å². The van der Waals surface area contributed by atoms with E-state index in [-0.39, 0.29) is 17.1 Å². The SMILES string of the molecule is CNS(=O)(=O)c1ccc(C)c(C(=O)Nc2ccc(OCC(=O)OC)cc2C)c1. The summed E-state index contributed by atoms with van der Waals surface area (Å²) < 4.78 is 36.0. The first-order valence-corrected chi connectivity index (χ1v) is 9.82. The minimum absolute atomic E-state index is 0.00836. The summed E-state index contributed by atoms with van der Waals surface area (Å²) in [5.74, 6) is -0.474. The molecule has 150 valence electrons. The molecule has 0 radical (unpaired) electrons. The fraction of sp³-hybridized carbons (Fsp3) is 0.263. The average Bonchev–Trinajstić information content (AvgIpc) is 2.67. The van der Waals surface area contributed by atoms with Crippen LogP contribution in [0.25, 0.3) is 0 Å². The van der Waals surface area contributed by atoms with E-state index in [0.29, 0.717) is 22.6 Å². The molecule has 8 nitrogen and oxygen atoms in total. The van der Waals surface area contributed by atoms with Crippen molar-refractivity contribution in [3.63, 3.8) is 0 Å². The Morgan fingerprint density at radius 3 is 2.36 bits per heavy atom. The number of methoxy groups -OCH3 is 1. The monoisotopic (exact) mass is 406 g/mol. The predicted octanol–water partition coefficient (Wildman–Crippen LogP) is 2.02. The second kappa shape index (κ2) is 8.85. The molecule has 0 saturated carbocycles. The smallest absolute Gasteiger partial charge is 0.343 e. The fourth-order valence-electron chi connectivity index (χ4n) is 2.39. The molecule has 9 heteroatoms. The number of aryl methyl sites for hydroxylation is 2. The highest BCUT2D eigenvalue weighted by Gasteiger charge is 2.17. The average molecular weight is 406 g/mol. The highest BCUT2D eigenvalue weighted by atomic mass is 32.2. The molecule has 2 N–H and O–H groups in total. The van der Waals surface area contributed by atoms with Crippen LogP contribution in [0.4, 0.5) is 5.69 Å². The van der Waals surface area contributed by atoms with Gasteiger partial charge in [-0.1, -0.05) is 6.07 Å². The molecular formula is C19H22N2O6S. The normalized spacial score (nSPS) is 11.0. The molecule has 0 aliphatic rings. The minimum Gasteiger partial charge on any atom is -0.482 e. The van der Waals surface area contributed by atoms with Gasteiger partial charge in [-0.05, 0) is 62.4 Å². The number of esters is 1. The number of benzene rings is 2. The van der Waals surface area contributed by atoms with Gasteiger partial charge in [0.2, 0.25) is 10.0 Å². The van der Waals surface area contributed by atoms with Crippen molar-refractivity contribution in [3.8, 4) is 5.75 Å². The molecular weight excluding hydrogens is 384 g/mol. The number of amides is 1. The summed E-state index contributed by atoms with van der Waals surface area (Å²) in [4.78, 5) is 23.8. The summed E-state index contributed by atoms with van der Waals surface area (Å²) in [6.07, 6.45) is 0. The van der Waals surface area contributed by atoms with Crippen LogP contribution < -0.4 is 14.8 Å². The van der Waals surface area contributed by atoms with Crippen LogP contribution in [0.3, 0.4) is 0 Å². The molecule has 0 atom stereocenters. The molecule has 0 heterocycles. The Morgan fingerprint density at radius 2 is 1.75 bits per heavy atom. The number of carbonyl (C=O) groups excluding carboxylic acids is 2. The lowest BCUT2D eigenvalue weighted by Crippen LogP contribution is -2.20. The van der Waals surface area contributed by atoms with Crippen LogP contribution in [0.15, 0.2) is 41.3 Å². The van der Waals surface area contributed by atoms with E-state index in [9.17, 15) is 18.0 Å². The Labute approximate surface area is 163 Å². The number of anilines is 1. The van der Waals surface area contributed by atoms with Gasteiger partial charge < -0.3 is 14.8 Å². The van der Waals surface area contributed by atoms with E-state index in [2.05, 4.69) is 14.8 Å². The first kappa shape index (κ1) is 21.4. The number of nitrogens with one attached hydrogen (secondary N) is 2. The Hall–Kier alpha value is -2.91. The highest BCUT2D eigenvalue weighted by molar-refractivity contribution is 7.89. The van der Waals surface area contributed by atoms with Gasteiger partial charge in [-0.2, -0.15) is 0 Å². The largest absolute Gasteiger partial charge is 0.482 e. The number of rotatable bonds is 7. The molecule has 28 heavy (non-hydrogen) atoms. The third kappa shape index (κ3) is 5.08. The zero-order valence-corrected chi connectivity index (χ0v) is 16.8. The molecule has 0 fully saturated rings. The maximum absolute atomic E-state index is 12.7. The van der Waals surface area contributed by atoms with Crippen LogP contribution in [0.2, 0.25) is 0 Å². The topological polar surface area (TPSA) is 111 Å². The van der Waals surface area contributed by atoms with Crippen molar-refractivity contribution in [1.29, 1.82) is 0 Å². The predicted molar refractivity (Wildman–Crippen MR) is 104 cm³/mol. The van der Waals surface area contributed by atoms with Gasteiger partial charge in [0.1, 0.15) is 5.75 Å². The summed E-state index contributed by atoms with van der Waals surface area (Å²) in [5.41, 5.74) is 2.15. The molecule has 1 amide bonds. The lowest BCUT2D eigenvalue weighted by Gasteiger charge is -2.13. The van der Waals surface area contributed by atoms with Crippen molar-refractivity contribution in [3.05, 3.63) is 53.1 Å². The van der Waals surface area contributed by atoms with E-state index >= 15 is 0 Å². The third-order valence-corrected chi connectivity index (χ3v) is 5.48. The molecule has 2 rings (SSSR count). The van der Waals surface area contributed by atoms with Gasteiger partial charge in [-0.15, -0.1) is 0 Å². The number of sulfonamides is 1. The Balaban J connectivity index is 2.21. The molecule has 0 unspecified atom stereocenters. The maximum Gasteiger partial charge on any atom is 0.343 e. The number of hydrogen-bond acceptors (Lipinski definition) is 6. The van der Waals surface area contributed by atoms with E-state index in [1.165, 1.54) is 26.3 Å². The lowest BCUT2D eigenvalue weighted by atomic mass is 10.1. The molecule has 0 spiro atoms. The molecule has 2 aromatic carbocycles. The van der Waals surface area contributed by atoms with Gasteiger partial charge in [0, 0.05) is 11.3 Å². The standard InChI is InChI=1S/C19H22N2O6S/c1-12-5-7-15(28(24,25)20-3)10-16(12)19(23)21-17-8-6-14(9-13(17)2)27-11-18(22)26-4/h5-10,20H,11H2,1-4H3,(H,21,23). The van der Waals surface area contributed by atoms with Gasteiger partial charge in [-0.3, -0.25) is 4.79 Å². The quantitative estimate of drug-likeness (QED) is 0.681. The zero-order valence-electron chi connectivity index (χ0n) is 16.0. The molecule has 0 aliphatic carbocycles. The van der Waals surface area contributed by atoms with Crippen LogP contribution in [0, 0.1) is 13.8 Å². The molecule has 0 aliphatic heterocycles. The van der Waals surface area contributed by atoms with Gasteiger partial charge >= 0.3 is 5.97 Å². The molecule has 0 aromatic heterocycles. The summed E-state index contributed by atoms with van der Waals surface area (Å²) in [6, 6.07) is 9.28. The van der Waals surface area contributed by atoms with Gasteiger partial charge in [0.05, 0.1) is 12.0 Å². The molecule has 2 aromatic rings. The van der Waals surface area contributed by atoms with Crippen LogP contribution in [0.1, 0.15) is 21.5 Å². The van der Waals surface area contributed by atoms with E-state index in [0.717, 1.165) is 0 Å². The second-order valence-corrected chi connectivity index (χ2v) is 7.87. The minimum atomic E-state index is -3.66. The Morgan fingerprint density at radius 1 is 1.04 bits per heavy atom. The van der Waals surface area contributed by atoms with Crippen molar-refractivity contribution in [2.24, 2.45) is 0 Å². The van der Waals surface area contributed by atoms with Gasteiger partial charge in [0.15, 0.2) is 6.61 Å². The Bertz CT molecular complexity index is 1000. The molecule has 0 saturated heterocycles. The van der Waals surface area contributed by atoms with Crippen LogP contribution >= 0.6 is 0 Å². The van der Waals surface area contributed by atoms with E-state index in [1.807, 2.05) is 0 Å². The summed E-state index contributed by atoms with van der Waals surface area (Å²) in [5, 5.41) is 2.77. The first-order valence-electron chi connectivity index (χ1n) is 8.33. The van der Waals surface area contributed by atoms with Crippen molar-refractivity contribution in [2.45, 2.75) is 18.7 Å². The Kier molecular flexibility index (Phi) is 6.76. The van der Waals surface area contributed by atoms with Crippen molar-refractivity contribution in [2.75, 3.05) is 26.1 Å². The lowest BCUT2D eigenvalue weighted by molar-refractivity contribution is -0.142. The maximum atomic E-state index is 12.7. The van der Waals surface area contributed by atoms with Gasteiger partial charge in [-0.25, -0.2) is 17.9 Å².